The van der Waals surface area contributed by atoms with E-state index in [-0.39, 0.29) is 32.2 Å². The van der Waals surface area contributed by atoms with Gasteiger partial charge in [-0.2, -0.15) is 0 Å². The number of nitrogens with two attached hydrogens (primary N) is 4. The summed E-state index contributed by atoms with van der Waals surface area (Å²) in [4.78, 5) is 82.0. The van der Waals surface area contributed by atoms with E-state index in [9.17, 15) is 33.6 Å². The maximum Gasteiger partial charge on any atom is 0.325 e. The van der Waals surface area contributed by atoms with Crippen LogP contribution >= 0.6 is 0 Å². The summed E-state index contributed by atoms with van der Waals surface area (Å²) >= 11 is 0. The van der Waals surface area contributed by atoms with Crippen molar-refractivity contribution in [2.45, 2.75) is 82.6 Å². The summed E-state index contributed by atoms with van der Waals surface area (Å²) in [6, 6.07) is -5.49. The van der Waals surface area contributed by atoms with E-state index in [4.69, 9.17) is 28.0 Å². The number of nitrogens with one attached hydrogen (secondary N) is 4. The van der Waals surface area contributed by atoms with E-state index in [2.05, 4.69) is 21.3 Å². The monoisotopic (exact) mass is 530 g/mol. The second-order valence-electron chi connectivity index (χ2n) is 8.54. The van der Waals surface area contributed by atoms with Crippen molar-refractivity contribution in [1.82, 2.24) is 21.3 Å². The van der Waals surface area contributed by atoms with Gasteiger partial charge in [0.25, 0.3) is 0 Å². The molecule has 5 atom stereocenters. The molecule has 210 valence electrons. The third kappa shape index (κ3) is 14.4. The topological polar surface area (TPSA) is 292 Å². The van der Waals surface area contributed by atoms with E-state index in [1.54, 1.807) is 0 Å². The van der Waals surface area contributed by atoms with E-state index in [0.717, 1.165) is 0 Å². The zero-order valence-electron chi connectivity index (χ0n) is 21.0. The van der Waals surface area contributed by atoms with Crippen molar-refractivity contribution in [3.8, 4) is 0 Å². The van der Waals surface area contributed by atoms with Gasteiger partial charge in [0.2, 0.25) is 35.4 Å². The van der Waals surface area contributed by atoms with Gasteiger partial charge in [-0.05, 0) is 39.5 Å². The summed E-state index contributed by atoms with van der Waals surface area (Å²) in [6.07, 6.45) is 0.122. The smallest absolute Gasteiger partial charge is 0.325 e. The lowest BCUT2D eigenvalue weighted by atomic mass is 10.1. The summed E-state index contributed by atoms with van der Waals surface area (Å²) in [7, 11) is 0. The SMILES string of the molecule is CC(N)C(=O)NC(CCC(=O)NC(CCCCNC(=O)CC(N)C(N)=O)C(=O)NC(C)C(=O)O)C(N)=O. The number of carbonyl (C=O) groups excluding carboxylic acids is 6. The van der Waals surface area contributed by atoms with Gasteiger partial charge in [-0.3, -0.25) is 33.6 Å². The fourth-order valence-corrected chi connectivity index (χ4v) is 2.85. The van der Waals surface area contributed by atoms with Crippen molar-refractivity contribution in [2.75, 3.05) is 6.54 Å². The molecule has 6 amide bonds. The zero-order valence-corrected chi connectivity index (χ0v) is 21.0. The summed E-state index contributed by atoms with van der Waals surface area (Å²) in [5.41, 5.74) is 21.1. The molecule has 0 saturated heterocycles. The number of unbranched alkanes of at least 4 members (excludes halogenated alkanes) is 1. The Morgan fingerprint density at radius 2 is 1.38 bits per heavy atom. The molecule has 0 fully saturated rings. The summed E-state index contributed by atoms with van der Waals surface area (Å²) in [6.45, 7) is 2.85. The molecule has 37 heavy (non-hydrogen) atoms. The van der Waals surface area contributed by atoms with Crippen LogP contribution in [0.25, 0.3) is 0 Å². The number of carboxylic acid groups (broad SMARTS) is 1. The minimum absolute atomic E-state index is 0.0985. The number of hydrogen-bond donors (Lipinski definition) is 9. The first-order valence-corrected chi connectivity index (χ1v) is 11.6. The number of hydrogen-bond acceptors (Lipinski definition) is 9. The Balaban J connectivity index is 4.95. The molecule has 0 spiro atoms. The summed E-state index contributed by atoms with van der Waals surface area (Å²) in [5.74, 6) is -5.45. The van der Waals surface area contributed by atoms with Crippen LogP contribution in [0, 0.1) is 0 Å². The highest BCUT2D eigenvalue weighted by Gasteiger charge is 2.26. The van der Waals surface area contributed by atoms with E-state index < -0.39 is 71.6 Å². The van der Waals surface area contributed by atoms with Crippen LogP contribution in [0.5, 0.6) is 0 Å². The minimum atomic E-state index is -1.27. The number of carbonyl (C=O) groups is 7. The van der Waals surface area contributed by atoms with Crippen LogP contribution < -0.4 is 44.2 Å². The van der Waals surface area contributed by atoms with Crippen molar-refractivity contribution in [1.29, 1.82) is 0 Å². The molecule has 0 radical (unpaired) electrons. The van der Waals surface area contributed by atoms with Gasteiger partial charge in [0.1, 0.15) is 18.1 Å². The normalized spacial score (nSPS) is 14.7. The van der Waals surface area contributed by atoms with Gasteiger partial charge in [-0.1, -0.05) is 0 Å². The van der Waals surface area contributed by atoms with Gasteiger partial charge in [0.15, 0.2) is 0 Å². The second kappa shape index (κ2) is 16.8. The van der Waals surface area contributed by atoms with Crippen LogP contribution in [0.15, 0.2) is 0 Å². The third-order valence-corrected chi connectivity index (χ3v) is 5.13. The lowest BCUT2D eigenvalue weighted by Gasteiger charge is -2.21. The van der Waals surface area contributed by atoms with Gasteiger partial charge in [0, 0.05) is 13.0 Å². The number of primary amides is 2. The molecule has 0 aliphatic rings. The lowest BCUT2D eigenvalue weighted by molar-refractivity contribution is -0.141. The Kier molecular flexibility index (Phi) is 15.1. The molecule has 0 bridgehead atoms. The van der Waals surface area contributed by atoms with E-state index in [1.165, 1.54) is 13.8 Å². The quantitative estimate of drug-likeness (QED) is 0.0767. The van der Waals surface area contributed by atoms with Gasteiger partial charge in [0.05, 0.1) is 18.5 Å². The van der Waals surface area contributed by atoms with Crippen LogP contribution in [0.2, 0.25) is 0 Å². The number of amides is 6. The Morgan fingerprint density at radius 1 is 0.757 bits per heavy atom. The van der Waals surface area contributed by atoms with Gasteiger partial charge < -0.3 is 49.3 Å². The van der Waals surface area contributed by atoms with Gasteiger partial charge in [-0.25, -0.2) is 0 Å². The van der Waals surface area contributed by atoms with Crippen molar-refractivity contribution >= 4 is 41.4 Å². The minimum Gasteiger partial charge on any atom is -0.480 e. The lowest BCUT2D eigenvalue weighted by Crippen LogP contribution is -2.52. The number of carboxylic acids is 1. The van der Waals surface area contributed by atoms with Gasteiger partial charge >= 0.3 is 5.97 Å². The summed E-state index contributed by atoms with van der Waals surface area (Å²) in [5, 5.41) is 18.7. The van der Waals surface area contributed by atoms with E-state index in [0.29, 0.717) is 12.8 Å². The summed E-state index contributed by atoms with van der Waals surface area (Å²) < 4.78 is 0. The average molecular weight is 531 g/mol. The average Bonchev–Trinajstić information content (AvgIpc) is 2.79. The predicted molar refractivity (Wildman–Crippen MR) is 130 cm³/mol. The molecular formula is C21H38N8O8. The molecule has 0 aromatic rings. The molecule has 0 saturated carbocycles. The van der Waals surface area contributed by atoms with Crippen molar-refractivity contribution < 1.29 is 38.7 Å². The number of aliphatic carboxylic acids is 1. The highest BCUT2D eigenvalue weighted by atomic mass is 16.4. The fraction of sp³-hybridized carbons (Fsp3) is 0.667. The predicted octanol–water partition coefficient (Wildman–Crippen LogP) is -4.35. The second-order valence-corrected chi connectivity index (χ2v) is 8.54. The Labute approximate surface area is 214 Å². The standard InChI is InChI=1S/C21H38N8O8/c1-10(22)19(34)29-13(18(25)33)6-7-15(30)28-14(20(35)27-11(2)21(36)37)5-3-4-8-26-16(31)9-12(23)17(24)32/h10-14H,3-9,22-23H2,1-2H3,(H2,24,32)(H2,25,33)(H,26,31)(H,27,35)(H,28,30)(H,29,34)(H,36,37). The van der Waals surface area contributed by atoms with E-state index in [1.807, 2.05) is 0 Å². The Hall–Kier alpha value is -3.79. The molecule has 16 heteroatoms. The molecule has 13 N–H and O–H groups in total. The van der Waals surface area contributed by atoms with Gasteiger partial charge in [-0.15, -0.1) is 0 Å². The first-order chi connectivity index (χ1) is 17.1. The zero-order chi connectivity index (χ0) is 28.7. The maximum atomic E-state index is 12.6. The molecule has 0 aliphatic heterocycles. The third-order valence-electron chi connectivity index (χ3n) is 5.13. The highest BCUT2D eigenvalue weighted by Crippen LogP contribution is 2.05. The van der Waals surface area contributed by atoms with Crippen molar-refractivity contribution in [2.24, 2.45) is 22.9 Å². The molecular weight excluding hydrogens is 492 g/mol. The maximum absolute atomic E-state index is 12.6. The van der Waals surface area contributed by atoms with Crippen LogP contribution in [-0.2, 0) is 33.6 Å². The van der Waals surface area contributed by atoms with Crippen LogP contribution in [0.1, 0.15) is 52.4 Å². The van der Waals surface area contributed by atoms with Crippen molar-refractivity contribution in [3.63, 3.8) is 0 Å². The molecule has 0 rings (SSSR count). The Morgan fingerprint density at radius 3 is 1.89 bits per heavy atom. The van der Waals surface area contributed by atoms with E-state index >= 15 is 0 Å². The molecule has 5 unspecified atom stereocenters. The van der Waals surface area contributed by atoms with Crippen LogP contribution in [0.4, 0.5) is 0 Å². The number of rotatable bonds is 18. The fourth-order valence-electron chi connectivity index (χ4n) is 2.85. The molecule has 0 aliphatic carbocycles. The molecule has 0 heterocycles. The largest absolute Gasteiger partial charge is 0.480 e. The molecule has 0 aromatic heterocycles. The highest BCUT2D eigenvalue weighted by molar-refractivity contribution is 5.91. The molecule has 16 nitrogen and oxygen atoms in total. The Bertz CT molecular complexity index is 850. The first kappa shape index (κ1) is 33.2. The molecule has 0 aromatic carbocycles. The van der Waals surface area contributed by atoms with Crippen LogP contribution in [-0.4, -0.2) is 83.3 Å². The van der Waals surface area contributed by atoms with Crippen molar-refractivity contribution in [3.05, 3.63) is 0 Å². The first-order valence-electron chi connectivity index (χ1n) is 11.6. The van der Waals surface area contributed by atoms with Crippen LogP contribution in [0.3, 0.4) is 0 Å².